The quantitative estimate of drug-likeness (QED) is 0.459. The highest BCUT2D eigenvalue weighted by molar-refractivity contribution is 6.31. The van der Waals surface area contributed by atoms with Gasteiger partial charge in [-0.15, -0.1) is 0 Å². The first kappa shape index (κ1) is 10.8. The number of rotatable bonds is 2. The first-order valence-electron chi connectivity index (χ1n) is 5.74. The number of fused-ring (bicyclic) bond motifs is 2. The van der Waals surface area contributed by atoms with Gasteiger partial charge in [-0.3, -0.25) is 10.1 Å². The zero-order valence-electron chi connectivity index (χ0n) is 9.12. The minimum Gasteiger partial charge on any atom is -0.264 e. The molecule has 0 unspecified atom stereocenters. The summed E-state index contributed by atoms with van der Waals surface area (Å²) < 4.78 is 0. The van der Waals surface area contributed by atoms with Crippen molar-refractivity contribution in [1.29, 1.82) is 0 Å². The Kier molecular flexibility index (Phi) is 2.44. The lowest BCUT2D eigenvalue weighted by Gasteiger charge is -2.22. The number of hydrogen-bond acceptors (Lipinski definition) is 2. The van der Waals surface area contributed by atoms with Crippen LogP contribution in [0.15, 0.2) is 36.4 Å². The number of halogens is 1. The molecule has 1 saturated carbocycles. The Labute approximate surface area is 104 Å². The van der Waals surface area contributed by atoms with E-state index in [1.807, 2.05) is 30.3 Å². The summed E-state index contributed by atoms with van der Waals surface area (Å²) in [5.41, 5.74) is 0.924. The molecule has 1 aromatic carbocycles. The summed E-state index contributed by atoms with van der Waals surface area (Å²) in [6.45, 7) is 0. The molecule has 1 aromatic rings. The molecule has 0 amide bonds. The van der Waals surface area contributed by atoms with Crippen LogP contribution in [0.2, 0.25) is 5.02 Å². The van der Waals surface area contributed by atoms with Crippen molar-refractivity contribution >= 4 is 11.6 Å². The van der Waals surface area contributed by atoms with Gasteiger partial charge in [0, 0.05) is 15.9 Å². The minimum absolute atomic E-state index is 0.0614. The molecule has 0 aliphatic heterocycles. The third kappa shape index (κ3) is 1.57. The van der Waals surface area contributed by atoms with Crippen LogP contribution in [-0.2, 0) is 0 Å². The molecule has 2 aliphatic rings. The summed E-state index contributed by atoms with van der Waals surface area (Å²) in [4.78, 5) is 11.1. The standard InChI is InChI=1S/C13H12ClNO2/c14-11-4-2-1-3-10(11)12-8-5-6-9(7-8)13(12)15(16)17/h1-6,8-9,12-13H,7H2/t8-,9-,12+,13-/m0/s1. The molecule has 2 bridgehead atoms. The zero-order chi connectivity index (χ0) is 12.0. The zero-order valence-corrected chi connectivity index (χ0v) is 9.88. The Hall–Kier alpha value is -1.35. The molecule has 0 radical (unpaired) electrons. The van der Waals surface area contributed by atoms with Gasteiger partial charge < -0.3 is 0 Å². The molecule has 0 aromatic heterocycles. The Morgan fingerprint density at radius 2 is 1.94 bits per heavy atom. The van der Waals surface area contributed by atoms with Crippen molar-refractivity contribution in [3.8, 4) is 0 Å². The maximum Gasteiger partial charge on any atom is 0.226 e. The second-order valence-corrected chi connectivity index (χ2v) is 5.18. The normalized spacial score (nSPS) is 34.2. The Morgan fingerprint density at radius 1 is 1.24 bits per heavy atom. The molecule has 3 rings (SSSR count). The Bertz CT molecular complexity index is 500. The second kappa shape index (κ2) is 3.84. The van der Waals surface area contributed by atoms with Crippen LogP contribution in [0.25, 0.3) is 0 Å². The van der Waals surface area contributed by atoms with Crippen molar-refractivity contribution in [1.82, 2.24) is 0 Å². The van der Waals surface area contributed by atoms with Crippen LogP contribution in [0.4, 0.5) is 0 Å². The van der Waals surface area contributed by atoms with E-state index in [0.29, 0.717) is 5.02 Å². The number of nitrogens with zero attached hydrogens (tertiary/aromatic N) is 1. The lowest BCUT2D eigenvalue weighted by molar-refractivity contribution is -0.530. The highest BCUT2D eigenvalue weighted by atomic mass is 35.5. The van der Waals surface area contributed by atoms with Gasteiger partial charge in [0.15, 0.2) is 0 Å². The average molecular weight is 250 g/mol. The fraction of sp³-hybridized carbons (Fsp3) is 0.385. The van der Waals surface area contributed by atoms with Crippen molar-refractivity contribution in [3.63, 3.8) is 0 Å². The Morgan fingerprint density at radius 3 is 2.65 bits per heavy atom. The van der Waals surface area contributed by atoms with Gasteiger partial charge in [-0.05, 0) is 24.0 Å². The fourth-order valence-electron chi connectivity index (χ4n) is 3.24. The van der Waals surface area contributed by atoms with Crippen molar-refractivity contribution in [2.24, 2.45) is 11.8 Å². The molecule has 3 nitrogen and oxygen atoms in total. The molecule has 0 saturated heterocycles. The maximum atomic E-state index is 11.2. The Balaban J connectivity index is 2.05. The monoisotopic (exact) mass is 249 g/mol. The smallest absolute Gasteiger partial charge is 0.226 e. The first-order valence-corrected chi connectivity index (χ1v) is 6.12. The molecule has 88 valence electrons. The molecule has 4 heteroatoms. The SMILES string of the molecule is O=[N+]([O-])[C@@H]1[C@@H](c2ccccc2Cl)[C@H]2C=C[C@H]1C2. The van der Waals surface area contributed by atoms with Crippen molar-refractivity contribution in [2.75, 3.05) is 0 Å². The average Bonchev–Trinajstić information content (AvgIpc) is 2.89. The minimum atomic E-state index is -0.509. The third-order valence-electron chi connectivity index (χ3n) is 3.93. The van der Waals surface area contributed by atoms with E-state index < -0.39 is 6.04 Å². The van der Waals surface area contributed by atoms with Gasteiger partial charge in [-0.25, -0.2) is 0 Å². The summed E-state index contributed by atoms with van der Waals surface area (Å²) in [7, 11) is 0. The molecule has 0 spiro atoms. The number of hydrogen-bond donors (Lipinski definition) is 0. The molecule has 1 fully saturated rings. The largest absolute Gasteiger partial charge is 0.264 e. The van der Waals surface area contributed by atoms with Crippen LogP contribution in [-0.4, -0.2) is 11.0 Å². The molecule has 0 heterocycles. The van der Waals surface area contributed by atoms with Crippen LogP contribution >= 0.6 is 11.6 Å². The molecule has 4 atom stereocenters. The fourth-order valence-corrected chi connectivity index (χ4v) is 3.51. The maximum absolute atomic E-state index is 11.2. The van der Waals surface area contributed by atoms with Gasteiger partial charge in [-0.1, -0.05) is 42.0 Å². The van der Waals surface area contributed by atoms with Crippen molar-refractivity contribution < 1.29 is 4.92 Å². The van der Waals surface area contributed by atoms with Crippen LogP contribution in [0.1, 0.15) is 17.9 Å². The lowest BCUT2D eigenvalue weighted by Crippen LogP contribution is -2.31. The van der Waals surface area contributed by atoms with Crippen LogP contribution in [0, 0.1) is 22.0 Å². The van der Waals surface area contributed by atoms with E-state index in [-0.39, 0.29) is 22.7 Å². The number of benzene rings is 1. The summed E-state index contributed by atoms with van der Waals surface area (Å²) in [6.07, 6.45) is 4.99. The molecular weight excluding hydrogens is 238 g/mol. The molecule has 17 heavy (non-hydrogen) atoms. The van der Waals surface area contributed by atoms with E-state index in [2.05, 4.69) is 6.08 Å². The van der Waals surface area contributed by atoms with Gasteiger partial charge in [-0.2, -0.15) is 0 Å². The highest BCUT2D eigenvalue weighted by Gasteiger charge is 2.52. The lowest BCUT2D eigenvalue weighted by atomic mass is 9.83. The van der Waals surface area contributed by atoms with Crippen LogP contribution in [0.5, 0.6) is 0 Å². The second-order valence-electron chi connectivity index (χ2n) is 4.77. The van der Waals surface area contributed by atoms with Crippen molar-refractivity contribution in [3.05, 3.63) is 57.1 Å². The van der Waals surface area contributed by atoms with E-state index in [0.717, 1.165) is 12.0 Å². The molecular formula is C13H12ClNO2. The summed E-state index contributed by atoms with van der Waals surface area (Å²) in [5, 5.41) is 11.9. The van der Waals surface area contributed by atoms with Gasteiger partial charge in [0.25, 0.3) is 0 Å². The van der Waals surface area contributed by atoms with E-state index in [9.17, 15) is 10.1 Å². The van der Waals surface area contributed by atoms with Gasteiger partial charge in [0.1, 0.15) is 0 Å². The first-order chi connectivity index (χ1) is 8.18. The predicted molar refractivity (Wildman–Crippen MR) is 65.7 cm³/mol. The molecule has 0 N–H and O–H groups in total. The third-order valence-corrected chi connectivity index (χ3v) is 4.27. The highest BCUT2D eigenvalue weighted by Crippen LogP contribution is 2.51. The van der Waals surface area contributed by atoms with Crippen LogP contribution in [0.3, 0.4) is 0 Å². The van der Waals surface area contributed by atoms with Gasteiger partial charge in [0.05, 0.1) is 5.92 Å². The van der Waals surface area contributed by atoms with Gasteiger partial charge >= 0.3 is 0 Å². The van der Waals surface area contributed by atoms with Gasteiger partial charge in [0.2, 0.25) is 6.04 Å². The topological polar surface area (TPSA) is 43.1 Å². The number of nitro groups is 1. The van der Waals surface area contributed by atoms with E-state index >= 15 is 0 Å². The van der Waals surface area contributed by atoms with Crippen LogP contribution < -0.4 is 0 Å². The van der Waals surface area contributed by atoms with Crippen molar-refractivity contribution in [2.45, 2.75) is 18.4 Å². The number of allylic oxidation sites excluding steroid dienone is 1. The van der Waals surface area contributed by atoms with E-state index in [4.69, 9.17) is 11.6 Å². The van der Waals surface area contributed by atoms with E-state index in [1.54, 1.807) is 0 Å². The predicted octanol–water partition coefficient (Wildman–Crippen LogP) is 3.27. The summed E-state index contributed by atoms with van der Waals surface area (Å²) >= 11 is 6.16. The van der Waals surface area contributed by atoms with E-state index in [1.165, 1.54) is 0 Å². The summed E-state index contributed by atoms with van der Waals surface area (Å²) in [6, 6.07) is 6.97. The molecule has 2 aliphatic carbocycles. The summed E-state index contributed by atoms with van der Waals surface area (Å²) in [5.74, 6) is 0.292.